The van der Waals surface area contributed by atoms with Crippen molar-refractivity contribution in [2.75, 3.05) is 5.17 Å². The van der Waals surface area contributed by atoms with E-state index >= 15 is 0 Å². The quantitative estimate of drug-likeness (QED) is 0.499. The van der Waals surface area contributed by atoms with Crippen molar-refractivity contribution < 1.29 is 5.21 Å². The SMILES string of the molecule is CCC.NN(O)c1ccccc1. The molecule has 68 valence electrons. The van der Waals surface area contributed by atoms with Crippen molar-refractivity contribution in [3.63, 3.8) is 0 Å². The summed E-state index contributed by atoms with van der Waals surface area (Å²) in [5.41, 5.74) is 0.581. The Balaban J connectivity index is 0.000000354. The second-order valence-electron chi connectivity index (χ2n) is 2.39. The van der Waals surface area contributed by atoms with E-state index in [1.807, 2.05) is 6.07 Å². The minimum Gasteiger partial charge on any atom is -0.273 e. The van der Waals surface area contributed by atoms with Gasteiger partial charge in [0.05, 0.1) is 5.69 Å². The van der Waals surface area contributed by atoms with E-state index in [1.165, 1.54) is 6.42 Å². The summed E-state index contributed by atoms with van der Waals surface area (Å²) in [5, 5.41) is 9.22. The molecule has 3 nitrogen and oxygen atoms in total. The number of benzene rings is 1. The number of nitrogens with zero attached hydrogens (tertiary/aromatic N) is 1. The highest BCUT2D eigenvalue weighted by molar-refractivity contribution is 5.41. The molecule has 12 heavy (non-hydrogen) atoms. The van der Waals surface area contributed by atoms with Crippen LogP contribution in [0, 0.1) is 0 Å². The fourth-order valence-electron chi connectivity index (χ4n) is 0.581. The van der Waals surface area contributed by atoms with Crippen molar-refractivity contribution in [2.24, 2.45) is 5.84 Å². The molecule has 1 rings (SSSR count). The Bertz CT molecular complexity index is 187. The van der Waals surface area contributed by atoms with Crippen LogP contribution >= 0.6 is 0 Å². The Morgan fingerprint density at radius 1 is 1.25 bits per heavy atom. The van der Waals surface area contributed by atoms with E-state index in [4.69, 9.17) is 11.0 Å². The Morgan fingerprint density at radius 2 is 1.67 bits per heavy atom. The maximum atomic E-state index is 8.63. The summed E-state index contributed by atoms with van der Waals surface area (Å²) < 4.78 is 0. The van der Waals surface area contributed by atoms with Gasteiger partial charge in [0, 0.05) is 0 Å². The molecule has 0 saturated carbocycles. The van der Waals surface area contributed by atoms with Gasteiger partial charge in [0.2, 0.25) is 0 Å². The summed E-state index contributed by atoms with van der Waals surface area (Å²) >= 11 is 0. The molecule has 0 amide bonds. The van der Waals surface area contributed by atoms with Crippen LogP contribution in [0.15, 0.2) is 30.3 Å². The minimum absolute atomic E-state index is 0.581. The number of hydrazine groups is 1. The number of rotatable bonds is 1. The molecule has 0 bridgehead atoms. The third-order valence-electron chi connectivity index (χ3n) is 1.02. The lowest BCUT2D eigenvalue weighted by atomic mass is 10.3. The third kappa shape index (κ3) is 4.71. The van der Waals surface area contributed by atoms with Crippen LogP contribution in [0.2, 0.25) is 0 Å². The molecular weight excluding hydrogens is 152 g/mol. The highest BCUT2D eigenvalue weighted by atomic mass is 16.5. The monoisotopic (exact) mass is 168 g/mol. The summed E-state index contributed by atoms with van der Waals surface area (Å²) in [6.45, 7) is 4.25. The van der Waals surface area contributed by atoms with Crippen LogP contribution in [0.4, 0.5) is 5.69 Å². The first kappa shape index (κ1) is 10.9. The van der Waals surface area contributed by atoms with Gasteiger partial charge in [-0.25, -0.2) is 5.84 Å². The fraction of sp³-hybridized carbons (Fsp3) is 0.333. The van der Waals surface area contributed by atoms with E-state index in [9.17, 15) is 0 Å². The van der Waals surface area contributed by atoms with Gasteiger partial charge >= 0.3 is 0 Å². The number of nitrogens with two attached hydrogens (primary N) is 1. The number of para-hydroxylation sites is 1. The van der Waals surface area contributed by atoms with Crippen molar-refractivity contribution in [3.8, 4) is 0 Å². The van der Waals surface area contributed by atoms with E-state index in [-0.39, 0.29) is 0 Å². The molecule has 3 N–H and O–H groups in total. The van der Waals surface area contributed by atoms with Gasteiger partial charge in [0.15, 0.2) is 0 Å². The fourth-order valence-corrected chi connectivity index (χ4v) is 0.581. The zero-order valence-corrected chi connectivity index (χ0v) is 7.57. The molecule has 0 aliphatic rings. The van der Waals surface area contributed by atoms with Crippen LogP contribution in [0.5, 0.6) is 0 Å². The lowest BCUT2D eigenvalue weighted by Gasteiger charge is -2.07. The number of hydrogen-bond donors (Lipinski definition) is 2. The van der Waals surface area contributed by atoms with Gasteiger partial charge in [0.25, 0.3) is 0 Å². The average molecular weight is 168 g/mol. The first-order chi connectivity index (χ1) is 5.72. The molecule has 0 aliphatic heterocycles. The first-order valence-corrected chi connectivity index (χ1v) is 4.01. The van der Waals surface area contributed by atoms with Crippen LogP contribution in [-0.2, 0) is 0 Å². The molecule has 0 aliphatic carbocycles. The summed E-state index contributed by atoms with van der Waals surface area (Å²) in [4.78, 5) is 0. The van der Waals surface area contributed by atoms with Gasteiger partial charge in [-0.3, -0.25) is 5.21 Å². The zero-order chi connectivity index (χ0) is 9.40. The molecule has 0 unspecified atom stereocenters. The highest BCUT2D eigenvalue weighted by Crippen LogP contribution is 2.05. The molecule has 0 saturated heterocycles. The lowest BCUT2D eigenvalue weighted by Crippen LogP contribution is -2.25. The molecule has 0 radical (unpaired) electrons. The van der Waals surface area contributed by atoms with Gasteiger partial charge in [0.1, 0.15) is 0 Å². The van der Waals surface area contributed by atoms with Crippen LogP contribution in [0.1, 0.15) is 20.3 Å². The van der Waals surface area contributed by atoms with Crippen LogP contribution in [-0.4, -0.2) is 5.21 Å². The molecule has 0 spiro atoms. The minimum atomic E-state index is 0.581. The largest absolute Gasteiger partial charge is 0.273 e. The Kier molecular flexibility index (Phi) is 6.05. The van der Waals surface area contributed by atoms with Gasteiger partial charge in [-0.15, -0.1) is 0 Å². The van der Waals surface area contributed by atoms with Crippen LogP contribution in [0.25, 0.3) is 0 Å². The smallest absolute Gasteiger partial charge is 0.0817 e. The average Bonchev–Trinajstić information content (AvgIpc) is 2.07. The normalized spacial score (nSPS) is 8.33. The van der Waals surface area contributed by atoms with Crippen LogP contribution < -0.4 is 11.0 Å². The van der Waals surface area contributed by atoms with Crippen LogP contribution in [0.3, 0.4) is 0 Å². The summed E-state index contributed by atoms with van der Waals surface area (Å²) in [7, 11) is 0. The maximum absolute atomic E-state index is 8.63. The van der Waals surface area contributed by atoms with Crippen molar-refractivity contribution in [1.29, 1.82) is 0 Å². The second-order valence-corrected chi connectivity index (χ2v) is 2.39. The predicted molar refractivity (Wildman–Crippen MR) is 50.9 cm³/mol. The van der Waals surface area contributed by atoms with Crippen molar-refractivity contribution in [1.82, 2.24) is 0 Å². The van der Waals surface area contributed by atoms with E-state index in [2.05, 4.69) is 13.8 Å². The summed E-state index contributed by atoms with van der Waals surface area (Å²) in [6, 6.07) is 8.86. The Morgan fingerprint density at radius 3 is 1.92 bits per heavy atom. The number of anilines is 1. The standard InChI is InChI=1S/C6H8N2O.C3H8/c7-8(9)6-4-2-1-3-5-6;1-3-2/h1-5,9H,7H2;3H2,1-2H3. The summed E-state index contributed by atoms with van der Waals surface area (Å²) in [5.74, 6) is 5.00. The van der Waals surface area contributed by atoms with Crippen molar-refractivity contribution >= 4 is 5.69 Å². The lowest BCUT2D eigenvalue weighted by molar-refractivity contribution is 0.258. The molecule has 0 aromatic heterocycles. The molecule has 0 atom stereocenters. The second kappa shape index (κ2) is 6.64. The zero-order valence-electron chi connectivity index (χ0n) is 7.57. The predicted octanol–water partition coefficient (Wildman–Crippen LogP) is 2.17. The van der Waals surface area contributed by atoms with E-state index in [0.717, 1.165) is 0 Å². The number of hydrogen-bond acceptors (Lipinski definition) is 3. The molecule has 1 aromatic carbocycles. The molecule has 3 heteroatoms. The molecular formula is C9H16N2O. The van der Waals surface area contributed by atoms with Crippen molar-refractivity contribution in [2.45, 2.75) is 20.3 Å². The molecule has 1 aromatic rings. The Hall–Kier alpha value is -1.06. The molecule has 0 heterocycles. The first-order valence-electron chi connectivity index (χ1n) is 4.01. The Labute approximate surface area is 73.4 Å². The summed E-state index contributed by atoms with van der Waals surface area (Å²) in [6.07, 6.45) is 1.25. The van der Waals surface area contributed by atoms with E-state index in [1.54, 1.807) is 24.3 Å². The van der Waals surface area contributed by atoms with Gasteiger partial charge < -0.3 is 0 Å². The maximum Gasteiger partial charge on any atom is 0.0817 e. The third-order valence-corrected chi connectivity index (χ3v) is 1.02. The van der Waals surface area contributed by atoms with E-state index < -0.39 is 0 Å². The topological polar surface area (TPSA) is 49.5 Å². The van der Waals surface area contributed by atoms with Gasteiger partial charge in [-0.1, -0.05) is 38.5 Å². The van der Waals surface area contributed by atoms with Crippen molar-refractivity contribution in [3.05, 3.63) is 30.3 Å². The van der Waals surface area contributed by atoms with Gasteiger partial charge in [-0.05, 0) is 12.1 Å². The molecule has 0 fully saturated rings. The van der Waals surface area contributed by atoms with E-state index in [0.29, 0.717) is 10.9 Å². The van der Waals surface area contributed by atoms with Gasteiger partial charge in [-0.2, -0.15) is 5.17 Å². The highest BCUT2D eigenvalue weighted by Gasteiger charge is 1.90.